The lowest BCUT2D eigenvalue weighted by Gasteiger charge is -2.13. The molecule has 0 aromatic heterocycles. The van der Waals surface area contributed by atoms with Crippen LogP contribution in [-0.2, 0) is 6.61 Å². The maximum atomic E-state index is 9.36. The van der Waals surface area contributed by atoms with Crippen molar-refractivity contribution in [3.05, 3.63) is 23.8 Å². The summed E-state index contributed by atoms with van der Waals surface area (Å²) in [6.07, 6.45) is 0.0344. The van der Waals surface area contributed by atoms with Gasteiger partial charge in [-0.25, -0.2) is 0 Å². The second-order valence-corrected chi connectivity index (χ2v) is 3.08. The predicted octanol–water partition coefficient (Wildman–Crippen LogP) is 1.67. The Morgan fingerprint density at radius 1 is 1.38 bits per heavy atom. The van der Waals surface area contributed by atoms with Crippen molar-refractivity contribution >= 4 is 0 Å². The van der Waals surface area contributed by atoms with Crippen molar-refractivity contribution in [3.63, 3.8) is 0 Å². The summed E-state index contributed by atoms with van der Waals surface area (Å²) in [6, 6.07) is 4.94. The zero-order valence-corrected chi connectivity index (χ0v) is 7.82. The van der Waals surface area contributed by atoms with Crippen LogP contribution < -0.4 is 4.74 Å². The maximum absolute atomic E-state index is 9.36. The summed E-state index contributed by atoms with van der Waals surface area (Å²) in [7, 11) is 0. The van der Waals surface area contributed by atoms with Gasteiger partial charge in [0.2, 0.25) is 0 Å². The Morgan fingerprint density at radius 3 is 2.62 bits per heavy atom. The standard InChI is InChI=1S/C10H14O3/c1-7(2)13-10-5-3-4-9(12)8(10)6-11/h3-5,7,11-12H,6H2,1-2H3. The van der Waals surface area contributed by atoms with E-state index in [2.05, 4.69) is 0 Å². The van der Waals surface area contributed by atoms with Gasteiger partial charge in [-0.2, -0.15) is 0 Å². The summed E-state index contributed by atoms with van der Waals surface area (Å²) in [5, 5.41) is 18.3. The third kappa shape index (κ3) is 2.36. The number of phenols is 1. The Balaban J connectivity index is 2.98. The van der Waals surface area contributed by atoms with Crippen LogP contribution in [-0.4, -0.2) is 16.3 Å². The van der Waals surface area contributed by atoms with Gasteiger partial charge in [0.05, 0.1) is 18.3 Å². The van der Waals surface area contributed by atoms with Gasteiger partial charge in [0.15, 0.2) is 0 Å². The summed E-state index contributed by atoms with van der Waals surface area (Å²) in [5.74, 6) is 0.609. The molecule has 0 radical (unpaired) electrons. The number of aliphatic hydroxyl groups excluding tert-OH is 1. The molecular weight excluding hydrogens is 168 g/mol. The number of aromatic hydroxyl groups is 1. The van der Waals surface area contributed by atoms with Crippen molar-refractivity contribution in [1.82, 2.24) is 0 Å². The van der Waals surface area contributed by atoms with Crippen molar-refractivity contribution in [2.75, 3.05) is 0 Å². The van der Waals surface area contributed by atoms with Gasteiger partial charge in [0.25, 0.3) is 0 Å². The predicted molar refractivity (Wildman–Crippen MR) is 49.8 cm³/mol. The van der Waals surface area contributed by atoms with E-state index in [1.165, 1.54) is 6.07 Å². The normalized spacial score (nSPS) is 10.5. The molecule has 0 saturated carbocycles. The van der Waals surface area contributed by atoms with Crippen LogP contribution in [0, 0.1) is 0 Å². The molecule has 0 aliphatic carbocycles. The molecular formula is C10H14O3. The van der Waals surface area contributed by atoms with Crippen LogP contribution >= 0.6 is 0 Å². The molecule has 3 nitrogen and oxygen atoms in total. The zero-order chi connectivity index (χ0) is 9.84. The highest BCUT2D eigenvalue weighted by atomic mass is 16.5. The van der Waals surface area contributed by atoms with Crippen LogP contribution in [0.2, 0.25) is 0 Å². The number of aliphatic hydroxyl groups is 1. The fraction of sp³-hybridized carbons (Fsp3) is 0.400. The fourth-order valence-corrected chi connectivity index (χ4v) is 1.08. The minimum absolute atomic E-state index is 0.0344. The monoisotopic (exact) mass is 182 g/mol. The number of ether oxygens (including phenoxy) is 1. The molecule has 72 valence electrons. The second-order valence-electron chi connectivity index (χ2n) is 3.08. The van der Waals surface area contributed by atoms with Crippen molar-refractivity contribution in [3.8, 4) is 11.5 Å². The molecule has 0 unspecified atom stereocenters. The zero-order valence-electron chi connectivity index (χ0n) is 7.82. The highest BCUT2D eigenvalue weighted by Crippen LogP contribution is 2.27. The molecule has 0 spiro atoms. The molecule has 0 saturated heterocycles. The minimum atomic E-state index is -0.214. The van der Waals surface area contributed by atoms with Gasteiger partial charge in [0.1, 0.15) is 11.5 Å². The Labute approximate surface area is 77.6 Å². The van der Waals surface area contributed by atoms with Crippen LogP contribution in [0.4, 0.5) is 0 Å². The van der Waals surface area contributed by atoms with Crippen LogP contribution in [0.3, 0.4) is 0 Å². The van der Waals surface area contributed by atoms with Gasteiger partial charge in [-0.15, -0.1) is 0 Å². The summed E-state index contributed by atoms with van der Waals surface area (Å²) in [5.41, 5.74) is 0.441. The number of rotatable bonds is 3. The average Bonchev–Trinajstić information content (AvgIpc) is 2.03. The van der Waals surface area contributed by atoms with Crippen LogP contribution in [0.1, 0.15) is 19.4 Å². The summed E-state index contributed by atoms with van der Waals surface area (Å²) < 4.78 is 5.40. The van der Waals surface area contributed by atoms with Gasteiger partial charge in [-0.3, -0.25) is 0 Å². The molecule has 0 heterocycles. The maximum Gasteiger partial charge on any atom is 0.128 e. The Hall–Kier alpha value is -1.22. The molecule has 0 aliphatic heterocycles. The van der Waals surface area contributed by atoms with Crippen molar-refractivity contribution in [1.29, 1.82) is 0 Å². The molecule has 1 rings (SSSR count). The lowest BCUT2D eigenvalue weighted by Crippen LogP contribution is -2.07. The molecule has 13 heavy (non-hydrogen) atoms. The van der Waals surface area contributed by atoms with E-state index in [0.29, 0.717) is 11.3 Å². The van der Waals surface area contributed by atoms with Gasteiger partial charge in [-0.1, -0.05) is 6.07 Å². The van der Waals surface area contributed by atoms with Crippen molar-refractivity contribution < 1.29 is 14.9 Å². The van der Waals surface area contributed by atoms with Crippen LogP contribution in [0.15, 0.2) is 18.2 Å². The first-order chi connectivity index (χ1) is 6.15. The van der Waals surface area contributed by atoms with E-state index in [4.69, 9.17) is 9.84 Å². The molecule has 3 heteroatoms. The summed E-state index contributed by atoms with van der Waals surface area (Å²) in [6.45, 7) is 3.57. The fourth-order valence-electron chi connectivity index (χ4n) is 1.08. The van der Waals surface area contributed by atoms with Crippen molar-refractivity contribution in [2.45, 2.75) is 26.6 Å². The van der Waals surface area contributed by atoms with E-state index < -0.39 is 0 Å². The third-order valence-corrected chi connectivity index (χ3v) is 1.63. The van der Waals surface area contributed by atoms with Crippen LogP contribution in [0.5, 0.6) is 11.5 Å². The molecule has 0 atom stereocenters. The van der Waals surface area contributed by atoms with Gasteiger partial charge < -0.3 is 14.9 Å². The largest absolute Gasteiger partial charge is 0.507 e. The Kier molecular flexibility index (Phi) is 3.14. The van der Waals surface area contributed by atoms with E-state index in [0.717, 1.165) is 0 Å². The second kappa shape index (κ2) is 4.14. The van der Waals surface area contributed by atoms with Gasteiger partial charge >= 0.3 is 0 Å². The molecule has 0 amide bonds. The highest BCUT2D eigenvalue weighted by molar-refractivity contribution is 5.43. The quantitative estimate of drug-likeness (QED) is 0.747. The van der Waals surface area contributed by atoms with E-state index in [1.54, 1.807) is 12.1 Å². The molecule has 1 aromatic rings. The molecule has 2 N–H and O–H groups in total. The first-order valence-electron chi connectivity index (χ1n) is 4.23. The summed E-state index contributed by atoms with van der Waals surface area (Å²) in [4.78, 5) is 0. The van der Waals surface area contributed by atoms with Crippen LogP contribution in [0.25, 0.3) is 0 Å². The first kappa shape index (κ1) is 9.86. The topological polar surface area (TPSA) is 49.7 Å². The molecule has 0 fully saturated rings. The molecule has 1 aromatic carbocycles. The smallest absolute Gasteiger partial charge is 0.128 e. The average molecular weight is 182 g/mol. The SMILES string of the molecule is CC(C)Oc1cccc(O)c1CO. The highest BCUT2D eigenvalue weighted by Gasteiger charge is 2.08. The Morgan fingerprint density at radius 2 is 2.08 bits per heavy atom. The summed E-state index contributed by atoms with van der Waals surface area (Å²) >= 11 is 0. The van der Waals surface area contributed by atoms with E-state index in [1.807, 2.05) is 13.8 Å². The first-order valence-corrected chi connectivity index (χ1v) is 4.23. The minimum Gasteiger partial charge on any atom is -0.507 e. The lowest BCUT2D eigenvalue weighted by molar-refractivity contribution is 0.222. The third-order valence-electron chi connectivity index (χ3n) is 1.63. The molecule has 0 bridgehead atoms. The number of hydrogen-bond donors (Lipinski definition) is 2. The number of benzene rings is 1. The molecule has 0 aliphatic rings. The van der Waals surface area contributed by atoms with Gasteiger partial charge in [0, 0.05) is 0 Å². The van der Waals surface area contributed by atoms with E-state index in [-0.39, 0.29) is 18.5 Å². The lowest BCUT2D eigenvalue weighted by atomic mass is 10.2. The Bertz CT molecular complexity index is 281. The van der Waals surface area contributed by atoms with Gasteiger partial charge in [-0.05, 0) is 26.0 Å². The van der Waals surface area contributed by atoms with Crippen molar-refractivity contribution in [2.24, 2.45) is 0 Å². The number of hydrogen-bond acceptors (Lipinski definition) is 3. The van der Waals surface area contributed by atoms with E-state index in [9.17, 15) is 5.11 Å². The van der Waals surface area contributed by atoms with E-state index >= 15 is 0 Å².